The fourth-order valence-corrected chi connectivity index (χ4v) is 3.33. The predicted octanol–water partition coefficient (Wildman–Crippen LogP) is 2.71. The van der Waals surface area contributed by atoms with Gasteiger partial charge in [-0.25, -0.2) is 0 Å². The fraction of sp³-hybridized carbons (Fsp3) is 0.647. The second-order valence-electron chi connectivity index (χ2n) is 6.43. The van der Waals surface area contributed by atoms with Gasteiger partial charge in [0, 0.05) is 12.6 Å². The Balaban J connectivity index is 1.67. The molecule has 1 aromatic rings. The lowest BCUT2D eigenvalue weighted by Crippen LogP contribution is -2.48. The quantitative estimate of drug-likeness (QED) is 0.920. The minimum absolute atomic E-state index is 0.0887. The first-order valence-corrected chi connectivity index (χ1v) is 7.78. The van der Waals surface area contributed by atoms with Crippen LogP contribution in [0, 0.1) is 0 Å². The Hall–Kier alpha value is -0.900. The van der Waals surface area contributed by atoms with Crippen LogP contribution in [0.25, 0.3) is 0 Å². The highest BCUT2D eigenvalue weighted by Crippen LogP contribution is 2.29. The van der Waals surface area contributed by atoms with Crippen LogP contribution in [0.15, 0.2) is 24.3 Å². The highest BCUT2D eigenvalue weighted by molar-refractivity contribution is 5.26. The Labute approximate surface area is 121 Å². The largest absolute Gasteiger partial charge is 0.386 e. The van der Waals surface area contributed by atoms with E-state index < -0.39 is 6.10 Å². The van der Waals surface area contributed by atoms with Crippen molar-refractivity contribution in [1.29, 1.82) is 0 Å². The highest BCUT2D eigenvalue weighted by atomic mass is 16.5. The zero-order valence-corrected chi connectivity index (χ0v) is 12.5. The zero-order valence-electron chi connectivity index (χ0n) is 12.5. The average Bonchev–Trinajstić information content (AvgIpc) is 2.94. The fourth-order valence-electron chi connectivity index (χ4n) is 3.33. The number of nitrogens with zero attached hydrogens (tertiary/aromatic N) is 1. The Morgan fingerprint density at radius 3 is 2.60 bits per heavy atom. The van der Waals surface area contributed by atoms with E-state index in [1.807, 2.05) is 12.1 Å². The third-order valence-electron chi connectivity index (χ3n) is 4.71. The van der Waals surface area contributed by atoms with E-state index >= 15 is 0 Å². The molecule has 3 unspecified atom stereocenters. The normalized spacial score (nSPS) is 28.6. The van der Waals surface area contributed by atoms with Crippen LogP contribution in [0.3, 0.4) is 0 Å². The first-order valence-electron chi connectivity index (χ1n) is 7.78. The molecule has 0 saturated carbocycles. The number of morpholine rings is 1. The lowest BCUT2D eigenvalue weighted by molar-refractivity contribution is -0.103. The highest BCUT2D eigenvalue weighted by Gasteiger charge is 2.35. The van der Waals surface area contributed by atoms with Gasteiger partial charge in [0.05, 0.1) is 6.61 Å². The molecule has 1 N–H and O–H groups in total. The number of hydrogen-bond donors (Lipinski definition) is 1. The van der Waals surface area contributed by atoms with E-state index in [1.165, 1.54) is 18.4 Å². The Morgan fingerprint density at radius 2 is 1.90 bits per heavy atom. The summed E-state index contributed by atoms with van der Waals surface area (Å²) in [4.78, 5) is 2.47. The van der Waals surface area contributed by atoms with Gasteiger partial charge in [-0.1, -0.05) is 38.1 Å². The molecular formula is C17H25NO2. The molecule has 2 aliphatic rings. The van der Waals surface area contributed by atoms with E-state index in [0.717, 1.165) is 25.3 Å². The summed E-state index contributed by atoms with van der Waals surface area (Å²) in [5.74, 6) is 0.525. The molecule has 3 nitrogen and oxygen atoms in total. The van der Waals surface area contributed by atoms with Gasteiger partial charge in [0.15, 0.2) is 0 Å². The number of aliphatic hydroxyl groups is 1. The van der Waals surface area contributed by atoms with Gasteiger partial charge < -0.3 is 9.84 Å². The monoisotopic (exact) mass is 275 g/mol. The number of rotatable bonds is 3. The average molecular weight is 275 g/mol. The third kappa shape index (κ3) is 2.76. The summed E-state index contributed by atoms with van der Waals surface area (Å²) < 4.78 is 5.89. The molecule has 1 aromatic carbocycles. The number of aliphatic hydroxyl groups excluding tert-OH is 1. The van der Waals surface area contributed by atoms with Crippen molar-refractivity contribution in [2.75, 3.05) is 19.7 Å². The van der Waals surface area contributed by atoms with E-state index in [-0.39, 0.29) is 6.10 Å². The standard InChI is InChI=1S/C17H25NO2/c1-12(2)13-5-7-14(8-6-13)17(19)16-10-18-9-3-4-15(18)11-20-16/h5-8,12,15-17,19H,3-4,9-11H2,1-2H3. The van der Waals surface area contributed by atoms with Crippen molar-refractivity contribution in [1.82, 2.24) is 4.90 Å². The molecule has 0 bridgehead atoms. The molecule has 3 rings (SSSR count). The maximum Gasteiger partial charge on any atom is 0.106 e. The maximum absolute atomic E-state index is 10.5. The molecule has 0 amide bonds. The van der Waals surface area contributed by atoms with Gasteiger partial charge in [-0.2, -0.15) is 0 Å². The van der Waals surface area contributed by atoms with Crippen molar-refractivity contribution in [2.45, 2.75) is 50.9 Å². The van der Waals surface area contributed by atoms with Crippen molar-refractivity contribution in [2.24, 2.45) is 0 Å². The van der Waals surface area contributed by atoms with Crippen LogP contribution in [-0.2, 0) is 4.74 Å². The van der Waals surface area contributed by atoms with E-state index in [2.05, 4.69) is 30.9 Å². The van der Waals surface area contributed by atoms with Crippen molar-refractivity contribution in [3.63, 3.8) is 0 Å². The van der Waals surface area contributed by atoms with Gasteiger partial charge in [0.1, 0.15) is 12.2 Å². The molecule has 2 saturated heterocycles. The molecular weight excluding hydrogens is 250 g/mol. The van der Waals surface area contributed by atoms with E-state index in [9.17, 15) is 5.11 Å². The predicted molar refractivity (Wildman–Crippen MR) is 79.8 cm³/mol. The van der Waals surface area contributed by atoms with Gasteiger partial charge >= 0.3 is 0 Å². The molecule has 2 aliphatic heterocycles. The van der Waals surface area contributed by atoms with Crippen molar-refractivity contribution >= 4 is 0 Å². The van der Waals surface area contributed by atoms with E-state index in [4.69, 9.17) is 4.74 Å². The summed E-state index contributed by atoms with van der Waals surface area (Å²) in [6.07, 6.45) is 1.90. The van der Waals surface area contributed by atoms with Crippen LogP contribution in [0.1, 0.15) is 49.8 Å². The minimum Gasteiger partial charge on any atom is -0.386 e. The van der Waals surface area contributed by atoms with Gasteiger partial charge in [0.25, 0.3) is 0 Å². The summed E-state index contributed by atoms with van der Waals surface area (Å²) in [7, 11) is 0. The van der Waals surface area contributed by atoms with Crippen molar-refractivity contribution in [3.8, 4) is 0 Å². The molecule has 0 radical (unpaired) electrons. The molecule has 2 fully saturated rings. The summed E-state index contributed by atoms with van der Waals surface area (Å²) in [6, 6.07) is 8.90. The van der Waals surface area contributed by atoms with Gasteiger partial charge in [-0.15, -0.1) is 0 Å². The van der Waals surface area contributed by atoms with Crippen LogP contribution in [0.4, 0.5) is 0 Å². The van der Waals surface area contributed by atoms with Crippen molar-refractivity contribution < 1.29 is 9.84 Å². The third-order valence-corrected chi connectivity index (χ3v) is 4.71. The van der Waals surface area contributed by atoms with E-state index in [0.29, 0.717) is 12.0 Å². The number of hydrogen-bond acceptors (Lipinski definition) is 3. The molecule has 2 heterocycles. The Bertz CT molecular complexity index is 443. The van der Waals surface area contributed by atoms with Gasteiger partial charge in [0.2, 0.25) is 0 Å². The van der Waals surface area contributed by atoms with Crippen LogP contribution >= 0.6 is 0 Å². The molecule has 20 heavy (non-hydrogen) atoms. The first kappa shape index (κ1) is 14.1. The van der Waals surface area contributed by atoms with Crippen molar-refractivity contribution in [3.05, 3.63) is 35.4 Å². The second-order valence-corrected chi connectivity index (χ2v) is 6.43. The lowest BCUT2D eigenvalue weighted by atomic mass is 9.97. The molecule has 3 atom stereocenters. The first-order chi connectivity index (χ1) is 9.65. The summed E-state index contributed by atoms with van der Waals surface area (Å²) in [6.45, 7) is 7.15. The summed E-state index contributed by atoms with van der Waals surface area (Å²) in [5, 5.41) is 10.5. The van der Waals surface area contributed by atoms with Crippen LogP contribution in [-0.4, -0.2) is 41.8 Å². The number of benzene rings is 1. The van der Waals surface area contributed by atoms with Crippen LogP contribution in [0.5, 0.6) is 0 Å². The molecule has 0 aliphatic carbocycles. The SMILES string of the molecule is CC(C)c1ccc(C(O)C2CN3CCCC3CO2)cc1. The van der Waals surface area contributed by atoms with Gasteiger partial charge in [-0.05, 0) is 36.4 Å². The van der Waals surface area contributed by atoms with Gasteiger partial charge in [-0.3, -0.25) is 4.90 Å². The minimum atomic E-state index is -0.516. The summed E-state index contributed by atoms with van der Waals surface area (Å²) >= 11 is 0. The molecule has 3 heteroatoms. The maximum atomic E-state index is 10.5. The molecule has 0 aromatic heterocycles. The zero-order chi connectivity index (χ0) is 14.1. The number of fused-ring (bicyclic) bond motifs is 1. The Morgan fingerprint density at radius 1 is 1.20 bits per heavy atom. The molecule has 110 valence electrons. The molecule has 0 spiro atoms. The Kier molecular flexibility index (Phi) is 4.11. The smallest absolute Gasteiger partial charge is 0.106 e. The summed E-state index contributed by atoms with van der Waals surface area (Å²) in [5.41, 5.74) is 2.28. The topological polar surface area (TPSA) is 32.7 Å². The van der Waals surface area contributed by atoms with Crippen LogP contribution < -0.4 is 0 Å². The second kappa shape index (κ2) is 5.84. The lowest BCUT2D eigenvalue weighted by Gasteiger charge is -2.37. The number of ether oxygens (including phenoxy) is 1. The van der Waals surface area contributed by atoms with Crippen LogP contribution in [0.2, 0.25) is 0 Å². The van der Waals surface area contributed by atoms with E-state index in [1.54, 1.807) is 0 Å².